The molecule has 4 rings (SSSR count). The van der Waals surface area contributed by atoms with Gasteiger partial charge in [-0.3, -0.25) is 9.59 Å². The first-order chi connectivity index (χ1) is 15.9. The molecule has 0 radical (unpaired) electrons. The molecule has 0 unspecified atom stereocenters. The van der Waals surface area contributed by atoms with Gasteiger partial charge in [0.15, 0.2) is 11.8 Å². The smallest absolute Gasteiger partial charge is 0.264 e. The zero-order valence-corrected chi connectivity index (χ0v) is 19.2. The molecular formula is C25H20ClN3O3S. The molecule has 1 aliphatic heterocycles. The van der Waals surface area contributed by atoms with Gasteiger partial charge in [-0.05, 0) is 84.4 Å². The van der Waals surface area contributed by atoms with E-state index in [1.807, 2.05) is 37.3 Å². The maximum absolute atomic E-state index is 12.3. The number of rotatable bonds is 6. The number of nitrogens with one attached hydrogen (secondary N) is 2. The Hall–Kier alpha value is -3.55. The van der Waals surface area contributed by atoms with Crippen LogP contribution in [-0.4, -0.2) is 23.6 Å². The van der Waals surface area contributed by atoms with E-state index >= 15 is 0 Å². The molecule has 0 saturated carbocycles. The Morgan fingerprint density at radius 1 is 1.12 bits per heavy atom. The minimum atomic E-state index is -0.252. The van der Waals surface area contributed by atoms with E-state index in [2.05, 4.69) is 15.6 Å². The van der Waals surface area contributed by atoms with E-state index < -0.39 is 0 Å². The molecule has 1 aliphatic rings. The summed E-state index contributed by atoms with van der Waals surface area (Å²) in [6.45, 7) is 1.84. The second-order valence-corrected chi connectivity index (χ2v) is 8.70. The van der Waals surface area contributed by atoms with Gasteiger partial charge in [0, 0.05) is 10.7 Å². The molecule has 166 valence electrons. The summed E-state index contributed by atoms with van der Waals surface area (Å²) in [6, 6.07) is 21.8. The third-order valence-electron chi connectivity index (χ3n) is 4.54. The Labute approximate surface area is 200 Å². The van der Waals surface area contributed by atoms with Gasteiger partial charge in [0.25, 0.3) is 11.8 Å². The lowest BCUT2D eigenvalue weighted by molar-refractivity contribution is -0.118. The summed E-state index contributed by atoms with van der Waals surface area (Å²) >= 11 is 7.15. The molecule has 3 aromatic carbocycles. The SMILES string of the molecule is Cc1cccc(NC(=O)COc2cccc(C=C3SC(=Nc4ccc(Cl)cc4)NC3=O)c2)c1. The fourth-order valence-electron chi connectivity index (χ4n) is 3.03. The number of hydrogen-bond donors (Lipinski definition) is 2. The highest BCUT2D eigenvalue weighted by molar-refractivity contribution is 8.18. The van der Waals surface area contributed by atoms with Crippen LogP contribution in [0.2, 0.25) is 5.02 Å². The number of nitrogens with zero attached hydrogens (tertiary/aromatic N) is 1. The van der Waals surface area contributed by atoms with Gasteiger partial charge in [0.2, 0.25) is 0 Å². The van der Waals surface area contributed by atoms with E-state index in [9.17, 15) is 9.59 Å². The Bertz CT molecular complexity index is 1260. The van der Waals surface area contributed by atoms with Crippen LogP contribution in [0.5, 0.6) is 5.75 Å². The fourth-order valence-corrected chi connectivity index (χ4v) is 4.00. The molecule has 1 heterocycles. The second-order valence-electron chi connectivity index (χ2n) is 7.24. The summed E-state index contributed by atoms with van der Waals surface area (Å²) in [6.07, 6.45) is 1.75. The Morgan fingerprint density at radius 2 is 1.91 bits per heavy atom. The van der Waals surface area contributed by atoms with Gasteiger partial charge in [-0.15, -0.1) is 0 Å². The van der Waals surface area contributed by atoms with Crippen molar-refractivity contribution in [1.82, 2.24) is 5.32 Å². The molecule has 2 amide bonds. The zero-order valence-electron chi connectivity index (χ0n) is 17.7. The summed E-state index contributed by atoms with van der Waals surface area (Å²) in [4.78, 5) is 29.5. The molecule has 3 aromatic rings. The highest BCUT2D eigenvalue weighted by Gasteiger charge is 2.23. The zero-order chi connectivity index (χ0) is 23.2. The highest BCUT2D eigenvalue weighted by atomic mass is 35.5. The van der Waals surface area contributed by atoms with Gasteiger partial charge in [0.1, 0.15) is 5.75 Å². The number of amidine groups is 1. The standard InChI is InChI=1S/C25H20ClN3O3S/c1-16-4-2-6-20(12-16)27-23(30)15-32-21-7-3-5-17(13-21)14-22-24(31)29-25(33-22)28-19-10-8-18(26)9-11-19/h2-14H,15H2,1H3,(H,27,30)(H,28,29,31). The molecule has 2 N–H and O–H groups in total. The summed E-state index contributed by atoms with van der Waals surface area (Å²) in [5.74, 6) is 0.0527. The van der Waals surface area contributed by atoms with Crippen LogP contribution in [0.25, 0.3) is 6.08 Å². The number of amides is 2. The molecule has 1 fully saturated rings. The first-order valence-electron chi connectivity index (χ1n) is 10.1. The lowest BCUT2D eigenvalue weighted by Gasteiger charge is -2.08. The largest absolute Gasteiger partial charge is 0.484 e. The molecule has 6 nitrogen and oxygen atoms in total. The Balaban J connectivity index is 1.38. The minimum Gasteiger partial charge on any atom is -0.484 e. The van der Waals surface area contributed by atoms with E-state index in [1.165, 1.54) is 11.8 Å². The summed E-state index contributed by atoms with van der Waals surface area (Å²) in [5, 5.41) is 6.68. The van der Waals surface area contributed by atoms with Crippen molar-refractivity contribution < 1.29 is 14.3 Å². The van der Waals surface area contributed by atoms with E-state index in [4.69, 9.17) is 16.3 Å². The number of aliphatic imine (C=N–C) groups is 1. The molecular weight excluding hydrogens is 458 g/mol. The van der Waals surface area contributed by atoms with Crippen LogP contribution in [0.4, 0.5) is 11.4 Å². The molecule has 33 heavy (non-hydrogen) atoms. The number of thioether (sulfide) groups is 1. The first-order valence-corrected chi connectivity index (χ1v) is 11.3. The number of aryl methyl sites for hydroxylation is 1. The quantitative estimate of drug-likeness (QED) is 0.456. The van der Waals surface area contributed by atoms with E-state index in [-0.39, 0.29) is 18.4 Å². The fraction of sp³-hybridized carbons (Fsp3) is 0.0800. The van der Waals surface area contributed by atoms with Gasteiger partial charge in [0.05, 0.1) is 10.6 Å². The number of ether oxygens (including phenoxy) is 1. The molecule has 0 bridgehead atoms. The first kappa shape index (κ1) is 22.6. The topological polar surface area (TPSA) is 79.8 Å². The van der Waals surface area contributed by atoms with Crippen LogP contribution >= 0.6 is 23.4 Å². The summed E-state index contributed by atoms with van der Waals surface area (Å²) in [5.41, 5.74) is 3.26. The van der Waals surface area contributed by atoms with Gasteiger partial charge >= 0.3 is 0 Å². The lowest BCUT2D eigenvalue weighted by Crippen LogP contribution is -2.20. The van der Waals surface area contributed by atoms with Crippen LogP contribution in [0.3, 0.4) is 0 Å². The number of halogens is 1. The Morgan fingerprint density at radius 3 is 2.70 bits per heavy atom. The van der Waals surface area contributed by atoms with Crippen molar-refractivity contribution in [2.45, 2.75) is 6.92 Å². The van der Waals surface area contributed by atoms with E-state index in [1.54, 1.807) is 48.5 Å². The van der Waals surface area contributed by atoms with Crippen LogP contribution < -0.4 is 15.4 Å². The van der Waals surface area contributed by atoms with Crippen molar-refractivity contribution in [3.8, 4) is 5.75 Å². The summed E-state index contributed by atoms with van der Waals surface area (Å²) < 4.78 is 5.63. The normalized spacial score (nSPS) is 15.5. The molecule has 8 heteroatoms. The van der Waals surface area contributed by atoms with E-state index in [0.29, 0.717) is 26.5 Å². The van der Waals surface area contributed by atoms with Gasteiger partial charge in [-0.25, -0.2) is 4.99 Å². The molecule has 0 aliphatic carbocycles. The third kappa shape index (κ3) is 6.47. The predicted octanol–water partition coefficient (Wildman–Crippen LogP) is 5.56. The number of carbonyl (C=O) groups is 2. The maximum atomic E-state index is 12.3. The molecule has 1 saturated heterocycles. The number of carbonyl (C=O) groups excluding carboxylic acids is 2. The van der Waals surface area contributed by atoms with Crippen molar-refractivity contribution in [2.24, 2.45) is 4.99 Å². The molecule has 0 spiro atoms. The lowest BCUT2D eigenvalue weighted by atomic mass is 10.2. The average Bonchev–Trinajstić information content (AvgIpc) is 3.12. The van der Waals surface area contributed by atoms with Gasteiger partial charge in [-0.1, -0.05) is 35.9 Å². The van der Waals surface area contributed by atoms with Crippen LogP contribution in [0.15, 0.2) is 82.7 Å². The summed E-state index contributed by atoms with van der Waals surface area (Å²) in [7, 11) is 0. The van der Waals surface area contributed by atoms with Crippen molar-refractivity contribution in [2.75, 3.05) is 11.9 Å². The second kappa shape index (κ2) is 10.4. The number of benzene rings is 3. The van der Waals surface area contributed by atoms with Gasteiger partial charge < -0.3 is 15.4 Å². The van der Waals surface area contributed by atoms with Crippen molar-refractivity contribution in [3.05, 3.63) is 93.9 Å². The van der Waals surface area contributed by atoms with E-state index in [0.717, 1.165) is 16.8 Å². The maximum Gasteiger partial charge on any atom is 0.264 e. The van der Waals surface area contributed by atoms with Crippen LogP contribution in [-0.2, 0) is 9.59 Å². The minimum absolute atomic E-state index is 0.124. The van der Waals surface area contributed by atoms with Crippen LogP contribution in [0, 0.1) is 6.92 Å². The monoisotopic (exact) mass is 477 g/mol. The average molecular weight is 478 g/mol. The third-order valence-corrected chi connectivity index (χ3v) is 5.70. The predicted molar refractivity (Wildman–Crippen MR) is 134 cm³/mol. The van der Waals surface area contributed by atoms with Crippen molar-refractivity contribution in [1.29, 1.82) is 0 Å². The molecule has 0 atom stereocenters. The van der Waals surface area contributed by atoms with Gasteiger partial charge in [-0.2, -0.15) is 0 Å². The molecule has 0 aromatic heterocycles. The highest BCUT2D eigenvalue weighted by Crippen LogP contribution is 2.29. The number of anilines is 1. The van der Waals surface area contributed by atoms with Crippen molar-refractivity contribution >= 4 is 57.8 Å². The number of hydrogen-bond acceptors (Lipinski definition) is 5. The Kier molecular flexibility index (Phi) is 7.12. The van der Waals surface area contributed by atoms with Crippen molar-refractivity contribution in [3.63, 3.8) is 0 Å². The van der Waals surface area contributed by atoms with Crippen LogP contribution in [0.1, 0.15) is 11.1 Å².